The Bertz CT molecular complexity index is 408. The molecular weight excluding hydrogens is 234 g/mol. The van der Waals surface area contributed by atoms with E-state index in [2.05, 4.69) is 10.5 Å². The van der Waals surface area contributed by atoms with Crippen molar-refractivity contribution < 1.29 is 14.6 Å². The number of hydrazone groups is 1. The highest BCUT2D eigenvalue weighted by Crippen LogP contribution is 2.25. The van der Waals surface area contributed by atoms with Gasteiger partial charge in [-0.25, -0.2) is 0 Å². The third kappa shape index (κ3) is 4.14. The van der Waals surface area contributed by atoms with Gasteiger partial charge in [-0.1, -0.05) is 0 Å². The molecule has 4 N–H and O–H groups in total. The Labute approximate surface area is 106 Å². The number of phenolic OH excluding ortho intramolecular Hbond substituents is 1. The minimum absolute atomic E-state index is 0.0714. The molecule has 0 unspecified atom stereocenters. The molecule has 0 aromatic heterocycles. The van der Waals surface area contributed by atoms with E-state index in [4.69, 9.17) is 15.2 Å². The van der Waals surface area contributed by atoms with Crippen LogP contribution in [0.25, 0.3) is 0 Å². The van der Waals surface area contributed by atoms with Crippen LogP contribution in [0.4, 0.5) is 0 Å². The molecule has 0 aliphatic carbocycles. The Morgan fingerprint density at radius 2 is 2.22 bits per heavy atom. The number of nitrogens with zero attached hydrogens (tertiary/aromatic N) is 1. The number of amidine groups is 1. The number of nitrogens with one attached hydrogen (secondary N) is 1. The van der Waals surface area contributed by atoms with Crippen molar-refractivity contribution in [3.05, 3.63) is 23.8 Å². The minimum atomic E-state index is 0.0714. The van der Waals surface area contributed by atoms with Crippen molar-refractivity contribution in [1.29, 1.82) is 0 Å². The van der Waals surface area contributed by atoms with Crippen LogP contribution in [0.5, 0.6) is 11.5 Å². The molecule has 0 radical (unpaired) electrons. The van der Waals surface area contributed by atoms with E-state index in [1.807, 2.05) is 0 Å². The van der Waals surface area contributed by atoms with Crippen LogP contribution in [0, 0.1) is 0 Å². The van der Waals surface area contributed by atoms with E-state index in [1.54, 1.807) is 19.2 Å². The number of phenols is 1. The lowest BCUT2D eigenvalue weighted by Crippen LogP contribution is -2.20. The molecule has 1 aromatic carbocycles. The number of aromatic hydroxyl groups is 1. The lowest BCUT2D eigenvalue weighted by atomic mass is 10.2. The normalized spacial score (nSPS) is 11.3. The van der Waals surface area contributed by atoms with Gasteiger partial charge in [0, 0.05) is 25.8 Å². The van der Waals surface area contributed by atoms with Crippen LogP contribution in [0.2, 0.25) is 0 Å². The number of benzene rings is 1. The maximum absolute atomic E-state index is 9.45. The van der Waals surface area contributed by atoms with Gasteiger partial charge < -0.3 is 25.7 Å². The van der Waals surface area contributed by atoms with Gasteiger partial charge in [0.1, 0.15) is 0 Å². The van der Waals surface area contributed by atoms with Crippen LogP contribution in [0.15, 0.2) is 23.3 Å². The van der Waals surface area contributed by atoms with Crippen LogP contribution in [-0.4, -0.2) is 38.3 Å². The summed E-state index contributed by atoms with van der Waals surface area (Å²) >= 11 is 0. The molecule has 0 amide bonds. The third-order valence-corrected chi connectivity index (χ3v) is 2.31. The average Bonchev–Trinajstić information content (AvgIpc) is 2.38. The van der Waals surface area contributed by atoms with Crippen molar-refractivity contribution in [2.45, 2.75) is 6.42 Å². The Morgan fingerprint density at radius 3 is 2.89 bits per heavy atom. The smallest absolute Gasteiger partial charge is 0.161 e. The number of rotatable bonds is 7. The molecule has 6 nitrogen and oxygen atoms in total. The molecular formula is C12H19N3O3. The van der Waals surface area contributed by atoms with E-state index in [-0.39, 0.29) is 5.75 Å². The molecule has 1 aromatic rings. The number of hydrogen-bond acceptors (Lipinski definition) is 5. The van der Waals surface area contributed by atoms with Crippen LogP contribution in [-0.2, 0) is 4.74 Å². The molecule has 1 rings (SSSR count). The molecule has 0 atom stereocenters. The molecule has 0 bridgehead atoms. The number of methoxy groups -OCH3 is 2. The Balaban J connectivity index is 2.60. The van der Waals surface area contributed by atoms with Gasteiger partial charge in [0.2, 0.25) is 0 Å². The quantitative estimate of drug-likeness (QED) is 0.287. The molecule has 18 heavy (non-hydrogen) atoms. The molecule has 0 aliphatic rings. The van der Waals surface area contributed by atoms with E-state index < -0.39 is 0 Å². The van der Waals surface area contributed by atoms with Gasteiger partial charge in [0.15, 0.2) is 17.3 Å². The maximum Gasteiger partial charge on any atom is 0.161 e. The highest BCUT2D eigenvalue weighted by molar-refractivity contribution is 5.97. The van der Waals surface area contributed by atoms with Crippen molar-refractivity contribution in [1.82, 2.24) is 5.43 Å². The molecule has 6 heteroatoms. The Morgan fingerprint density at radius 1 is 1.44 bits per heavy atom. The van der Waals surface area contributed by atoms with Gasteiger partial charge in [-0.15, -0.1) is 0 Å². The van der Waals surface area contributed by atoms with Crippen molar-refractivity contribution in [2.75, 3.05) is 27.4 Å². The van der Waals surface area contributed by atoms with Gasteiger partial charge >= 0.3 is 0 Å². The summed E-state index contributed by atoms with van der Waals surface area (Å²) in [7, 11) is 3.13. The summed E-state index contributed by atoms with van der Waals surface area (Å²) in [4.78, 5) is 0. The van der Waals surface area contributed by atoms with Crippen molar-refractivity contribution in [3.63, 3.8) is 0 Å². The zero-order valence-corrected chi connectivity index (χ0v) is 10.6. The monoisotopic (exact) mass is 253 g/mol. The van der Waals surface area contributed by atoms with Gasteiger partial charge in [0.05, 0.1) is 7.11 Å². The second-order valence-corrected chi connectivity index (χ2v) is 3.64. The van der Waals surface area contributed by atoms with Gasteiger partial charge in [0.25, 0.3) is 0 Å². The minimum Gasteiger partial charge on any atom is -0.504 e. The predicted octanol–water partition coefficient (Wildman–Crippen LogP) is 0.647. The van der Waals surface area contributed by atoms with Gasteiger partial charge in [-0.3, -0.25) is 0 Å². The Kier molecular flexibility index (Phi) is 5.79. The zero-order chi connectivity index (χ0) is 13.4. The zero-order valence-electron chi connectivity index (χ0n) is 10.6. The second-order valence-electron chi connectivity index (χ2n) is 3.64. The van der Waals surface area contributed by atoms with Gasteiger partial charge in [-0.2, -0.15) is 5.10 Å². The first-order valence-corrected chi connectivity index (χ1v) is 5.61. The van der Waals surface area contributed by atoms with Gasteiger partial charge in [-0.05, 0) is 24.6 Å². The maximum atomic E-state index is 9.45. The number of hydrogen-bond donors (Lipinski definition) is 3. The molecule has 0 fully saturated rings. The predicted molar refractivity (Wildman–Crippen MR) is 69.9 cm³/mol. The second kappa shape index (κ2) is 7.39. The first-order valence-electron chi connectivity index (χ1n) is 5.61. The van der Waals surface area contributed by atoms with E-state index in [1.165, 1.54) is 13.2 Å². The van der Waals surface area contributed by atoms with Crippen molar-refractivity contribution in [3.8, 4) is 11.5 Å². The highest BCUT2D eigenvalue weighted by Gasteiger charge is 2.05. The number of nitrogens with two attached hydrogens (primary N) is 1. The lowest BCUT2D eigenvalue weighted by Gasteiger charge is -2.07. The summed E-state index contributed by atoms with van der Waals surface area (Å²) in [6.45, 7) is 1.36. The van der Waals surface area contributed by atoms with E-state index >= 15 is 0 Å². The van der Waals surface area contributed by atoms with E-state index in [0.717, 1.165) is 6.42 Å². The molecule has 0 saturated heterocycles. The number of ether oxygens (including phenoxy) is 2. The standard InChI is InChI=1S/C12H19N3O3/c1-17-7-3-6-14-15-12(13)9-4-5-10(16)11(8-9)18-2/h4-5,8,14,16H,3,6-7H2,1-2H3,(H2,13,15). The van der Waals surface area contributed by atoms with Crippen LogP contribution in [0.1, 0.15) is 12.0 Å². The highest BCUT2D eigenvalue weighted by atomic mass is 16.5. The summed E-state index contributed by atoms with van der Waals surface area (Å²) < 4.78 is 9.91. The lowest BCUT2D eigenvalue weighted by molar-refractivity contribution is 0.194. The fraction of sp³-hybridized carbons (Fsp3) is 0.417. The summed E-state index contributed by atoms with van der Waals surface area (Å²) in [6, 6.07) is 4.82. The molecule has 0 aliphatic heterocycles. The van der Waals surface area contributed by atoms with Crippen LogP contribution in [0.3, 0.4) is 0 Å². The summed E-state index contributed by atoms with van der Waals surface area (Å²) in [6.07, 6.45) is 0.853. The SMILES string of the molecule is COCCCN/N=C(\N)c1ccc(O)c(OC)c1. The van der Waals surface area contributed by atoms with Crippen molar-refractivity contribution >= 4 is 5.84 Å². The third-order valence-electron chi connectivity index (χ3n) is 2.31. The average molecular weight is 253 g/mol. The largest absolute Gasteiger partial charge is 0.504 e. The fourth-order valence-electron chi connectivity index (χ4n) is 1.34. The molecule has 0 saturated carbocycles. The fourth-order valence-corrected chi connectivity index (χ4v) is 1.34. The van der Waals surface area contributed by atoms with Crippen molar-refractivity contribution in [2.24, 2.45) is 10.8 Å². The van der Waals surface area contributed by atoms with E-state index in [9.17, 15) is 5.11 Å². The van der Waals surface area contributed by atoms with E-state index in [0.29, 0.717) is 30.3 Å². The first kappa shape index (κ1) is 14.1. The topological polar surface area (TPSA) is 89.1 Å². The Hall–Kier alpha value is -1.95. The van der Waals surface area contributed by atoms with Crippen LogP contribution >= 0.6 is 0 Å². The summed E-state index contributed by atoms with van der Waals surface area (Å²) in [5.41, 5.74) is 9.34. The summed E-state index contributed by atoms with van der Waals surface area (Å²) in [5, 5.41) is 13.5. The van der Waals surface area contributed by atoms with Crippen LogP contribution < -0.4 is 15.9 Å². The molecule has 0 spiro atoms. The first-order chi connectivity index (χ1) is 8.69. The molecule has 0 heterocycles. The summed E-state index contributed by atoms with van der Waals surface area (Å²) in [5.74, 6) is 0.776. The molecule has 100 valence electrons.